The van der Waals surface area contributed by atoms with Crippen molar-refractivity contribution in [2.24, 2.45) is 0 Å². The van der Waals surface area contributed by atoms with Gasteiger partial charge in [0.1, 0.15) is 0 Å². The maximum Gasteiger partial charge on any atom is 0.160 e. The van der Waals surface area contributed by atoms with Crippen LogP contribution in [-0.4, -0.2) is 5.78 Å². The van der Waals surface area contributed by atoms with E-state index in [9.17, 15) is 4.79 Å². The summed E-state index contributed by atoms with van der Waals surface area (Å²) in [4.78, 5) is 11.8. The Balaban J connectivity index is 3.23. The van der Waals surface area contributed by atoms with Crippen LogP contribution in [0.25, 0.3) is 0 Å². The van der Waals surface area contributed by atoms with E-state index in [1.54, 1.807) is 13.0 Å². The van der Waals surface area contributed by atoms with E-state index in [1.807, 2.05) is 19.1 Å². The lowest BCUT2D eigenvalue weighted by atomic mass is 10.1. The zero-order valence-corrected chi connectivity index (χ0v) is 7.48. The molecule has 0 N–H and O–H groups in total. The molecule has 0 aromatic heterocycles. The van der Waals surface area contributed by atoms with Crippen LogP contribution in [0.5, 0.6) is 0 Å². The van der Waals surface area contributed by atoms with Gasteiger partial charge in [0.15, 0.2) is 5.78 Å². The van der Waals surface area contributed by atoms with Gasteiger partial charge >= 0.3 is 0 Å². The van der Waals surface area contributed by atoms with Gasteiger partial charge in [0.25, 0.3) is 0 Å². The van der Waals surface area contributed by atoms with Crippen LogP contribution in [-0.2, 0) is 0 Å². The van der Waals surface area contributed by atoms with Gasteiger partial charge in [0.2, 0.25) is 0 Å². The van der Waals surface area contributed by atoms with Crippen LogP contribution in [0.3, 0.4) is 0 Å². The Hall–Kier alpha value is -0.760. The van der Waals surface area contributed by atoms with Crippen LogP contribution in [0.2, 0.25) is 0 Å². The van der Waals surface area contributed by atoms with E-state index in [0.717, 1.165) is 16.0 Å². The first-order chi connectivity index (χ1) is 5.11. The van der Waals surface area contributed by atoms with E-state index in [-0.39, 0.29) is 5.78 Å². The smallest absolute Gasteiger partial charge is 0.160 e. The fourth-order valence-electron chi connectivity index (χ4n) is 0.989. The second kappa shape index (κ2) is 3.09. The highest BCUT2D eigenvalue weighted by molar-refractivity contribution is 7.80. The lowest BCUT2D eigenvalue weighted by Gasteiger charge is -2.01. The predicted octanol–water partition coefficient (Wildman–Crippen LogP) is 2.49. The Kier molecular flexibility index (Phi) is 2.35. The third-order valence-corrected chi connectivity index (χ3v) is 1.88. The summed E-state index contributed by atoms with van der Waals surface area (Å²) in [6.45, 7) is 3.49. The van der Waals surface area contributed by atoms with Gasteiger partial charge in [-0.3, -0.25) is 4.79 Å². The summed E-state index contributed by atoms with van der Waals surface area (Å²) in [5.41, 5.74) is 1.77. The van der Waals surface area contributed by atoms with E-state index in [0.29, 0.717) is 0 Å². The third-order valence-electron chi connectivity index (χ3n) is 1.60. The number of aryl methyl sites for hydroxylation is 1. The van der Waals surface area contributed by atoms with Crippen molar-refractivity contribution in [1.82, 2.24) is 0 Å². The fourth-order valence-corrected chi connectivity index (χ4v) is 1.19. The lowest BCUT2D eigenvalue weighted by molar-refractivity contribution is 0.101. The molecule has 58 valence electrons. The van der Waals surface area contributed by atoms with Crippen molar-refractivity contribution in [2.45, 2.75) is 18.7 Å². The average Bonchev–Trinajstić information content (AvgIpc) is 1.94. The van der Waals surface area contributed by atoms with Gasteiger partial charge < -0.3 is 0 Å². The lowest BCUT2D eigenvalue weighted by Crippen LogP contribution is -1.95. The topological polar surface area (TPSA) is 17.1 Å². The second-order valence-corrected chi connectivity index (χ2v) is 3.07. The number of rotatable bonds is 1. The molecule has 1 aromatic rings. The monoisotopic (exact) mass is 166 g/mol. The van der Waals surface area contributed by atoms with Crippen LogP contribution in [0, 0.1) is 6.92 Å². The van der Waals surface area contributed by atoms with Crippen LogP contribution in [0.4, 0.5) is 0 Å². The second-order valence-electron chi connectivity index (χ2n) is 2.56. The molecule has 0 aliphatic carbocycles. The fraction of sp³-hybridized carbons (Fsp3) is 0.222. The number of ketones is 1. The molecule has 1 aromatic carbocycles. The van der Waals surface area contributed by atoms with Gasteiger partial charge in [0.05, 0.1) is 0 Å². The van der Waals surface area contributed by atoms with E-state index in [2.05, 4.69) is 12.6 Å². The maximum atomic E-state index is 11.0. The van der Waals surface area contributed by atoms with Gasteiger partial charge in [-0.25, -0.2) is 0 Å². The molecule has 0 saturated heterocycles. The molecular weight excluding hydrogens is 156 g/mol. The molecule has 0 amide bonds. The zero-order valence-electron chi connectivity index (χ0n) is 6.59. The molecule has 1 nitrogen and oxygen atoms in total. The van der Waals surface area contributed by atoms with Crippen LogP contribution in [0.1, 0.15) is 22.8 Å². The SMILES string of the molecule is CC(=O)c1cc(S)ccc1C. The molecular formula is C9H10OS. The number of Topliss-reactive ketones (excluding diaryl/α,β-unsaturated/α-hetero) is 1. The molecule has 0 atom stereocenters. The minimum absolute atomic E-state index is 0.0957. The zero-order chi connectivity index (χ0) is 8.43. The van der Waals surface area contributed by atoms with Crippen molar-refractivity contribution in [2.75, 3.05) is 0 Å². The summed E-state index contributed by atoms with van der Waals surface area (Å²) in [6.07, 6.45) is 0. The molecule has 0 aliphatic heterocycles. The van der Waals surface area contributed by atoms with Gasteiger partial charge in [-0.1, -0.05) is 6.07 Å². The third kappa shape index (κ3) is 1.84. The average molecular weight is 166 g/mol. The minimum Gasteiger partial charge on any atom is -0.295 e. The number of carbonyl (C=O) groups is 1. The molecule has 0 heterocycles. The Bertz CT molecular complexity index is 292. The Morgan fingerprint density at radius 3 is 2.55 bits per heavy atom. The number of hydrogen-bond donors (Lipinski definition) is 1. The van der Waals surface area contributed by atoms with E-state index < -0.39 is 0 Å². The first kappa shape index (κ1) is 8.34. The molecule has 0 fully saturated rings. The van der Waals surface area contributed by atoms with Gasteiger partial charge in [-0.15, -0.1) is 12.6 Å². The Labute approximate surface area is 71.8 Å². The molecule has 0 unspecified atom stereocenters. The standard InChI is InChI=1S/C9H10OS/c1-6-3-4-8(11)5-9(6)7(2)10/h3-5,11H,1-2H3. The summed E-state index contributed by atoms with van der Waals surface area (Å²) in [5, 5.41) is 0. The van der Waals surface area contributed by atoms with E-state index >= 15 is 0 Å². The van der Waals surface area contributed by atoms with Gasteiger partial charge in [-0.2, -0.15) is 0 Å². The molecule has 1 rings (SSSR count). The molecule has 0 bridgehead atoms. The van der Waals surface area contributed by atoms with Gasteiger partial charge in [0, 0.05) is 10.5 Å². The number of carbonyl (C=O) groups excluding carboxylic acids is 1. The Morgan fingerprint density at radius 2 is 2.09 bits per heavy atom. The summed E-state index contributed by atoms with van der Waals surface area (Å²) >= 11 is 4.14. The molecule has 2 heteroatoms. The minimum atomic E-state index is 0.0957. The predicted molar refractivity (Wildman–Crippen MR) is 48.4 cm³/mol. The van der Waals surface area contributed by atoms with Crippen LogP contribution >= 0.6 is 12.6 Å². The largest absolute Gasteiger partial charge is 0.295 e. The van der Waals surface area contributed by atoms with E-state index in [1.165, 1.54) is 0 Å². The van der Waals surface area contributed by atoms with Crippen molar-refractivity contribution in [3.8, 4) is 0 Å². The first-order valence-corrected chi connectivity index (χ1v) is 3.86. The molecule has 0 radical (unpaired) electrons. The van der Waals surface area contributed by atoms with Crippen LogP contribution in [0.15, 0.2) is 23.1 Å². The van der Waals surface area contributed by atoms with Gasteiger partial charge in [-0.05, 0) is 31.5 Å². The van der Waals surface area contributed by atoms with Crippen LogP contribution < -0.4 is 0 Å². The normalized spacial score (nSPS) is 9.73. The number of thiol groups is 1. The molecule has 0 aliphatic rings. The van der Waals surface area contributed by atoms with E-state index in [4.69, 9.17) is 0 Å². The summed E-state index contributed by atoms with van der Waals surface area (Å²) in [5.74, 6) is 0.0957. The maximum absolute atomic E-state index is 11.0. The number of hydrogen-bond acceptors (Lipinski definition) is 2. The van der Waals surface area contributed by atoms with Crippen molar-refractivity contribution in [3.05, 3.63) is 29.3 Å². The first-order valence-electron chi connectivity index (χ1n) is 3.42. The summed E-state index contributed by atoms with van der Waals surface area (Å²) in [6, 6.07) is 5.57. The summed E-state index contributed by atoms with van der Waals surface area (Å²) < 4.78 is 0. The van der Waals surface area contributed by atoms with Crippen molar-refractivity contribution in [1.29, 1.82) is 0 Å². The highest BCUT2D eigenvalue weighted by atomic mass is 32.1. The highest BCUT2D eigenvalue weighted by Crippen LogP contribution is 2.13. The summed E-state index contributed by atoms with van der Waals surface area (Å²) in [7, 11) is 0. The van der Waals surface area contributed by atoms with Crippen molar-refractivity contribution in [3.63, 3.8) is 0 Å². The number of benzene rings is 1. The quantitative estimate of drug-likeness (QED) is 0.501. The molecule has 0 saturated carbocycles. The van der Waals surface area contributed by atoms with Crippen molar-refractivity contribution < 1.29 is 4.79 Å². The van der Waals surface area contributed by atoms with Crippen molar-refractivity contribution >= 4 is 18.4 Å². The molecule has 0 spiro atoms. The Morgan fingerprint density at radius 1 is 1.45 bits per heavy atom. The highest BCUT2D eigenvalue weighted by Gasteiger charge is 2.02. The molecule has 11 heavy (non-hydrogen) atoms.